The number of hydrogen-bond acceptors (Lipinski definition) is 5. The van der Waals surface area contributed by atoms with Crippen LogP contribution in [0.25, 0.3) is 27.9 Å². The second-order valence-corrected chi connectivity index (χ2v) is 10.3. The largest absolute Gasteiger partial charge is 0.465 e. The molecule has 0 spiro atoms. The van der Waals surface area contributed by atoms with Crippen molar-refractivity contribution in [2.24, 2.45) is 0 Å². The molecule has 1 aliphatic carbocycles. The summed E-state index contributed by atoms with van der Waals surface area (Å²) in [6.07, 6.45) is 6.99. The average molecular weight is 454 g/mol. The number of nitrogens with zero attached hydrogens (tertiary/aromatic N) is 3. The first-order chi connectivity index (χ1) is 15.3. The van der Waals surface area contributed by atoms with E-state index in [-0.39, 0.29) is 16.9 Å². The Morgan fingerprint density at radius 1 is 1.12 bits per heavy atom. The Kier molecular flexibility index (Phi) is 4.89. The molecular weight excluding hydrogens is 430 g/mol. The highest BCUT2D eigenvalue weighted by atomic mass is 32.2. The normalized spacial score (nSPS) is 19.4. The van der Waals surface area contributed by atoms with Gasteiger partial charge in [0.15, 0.2) is 15.5 Å². The number of amides is 1. The van der Waals surface area contributed by atoms with Crippen LogP contribution in [0.2, 0.25) is 0 Å². The van der Waals surface area contributed by atoms with E-state index in [9.17, 15) is 13.2 Å². The lowest BCUT2D eigenvalue weighted by Gasteiger charge is -2.27. The van der Waals surface area contributed by atoms with E-state index in [2.05, 4.69) is 19.7 Å². The molecule has 166 valence electrons. The third kappa shape index (κ3) is 3.60. The van der Waals surface area contributed by atoms with E-state index in [1.807, 2.05) is 12.3 Å². The van der Waals surface area contributed by atoms with Crippen LogP contribution in [-0.4, -0.2) is 51.3 Å². The molecule has 1 aromatic carbocycles. The second-order valence-electron chi connectivity index (χ2n) is 8.30. The fourth-order valence-corrected chi connectivity index (χ4v) is 5.23. The van der Waals surface area contributed by atoms with E-state index < -0.39 is 15.9 Å². The Labute approximate surface area is 184 Å². The van der Waals surface area contributed by atoms with Crippen molar-refractivity contribution < 1.29 is 18.3 Å². The standard InChI is InChI=1S/C22H23N5O4S/c1-32(30,31)16-8-4-13(5-9-16)19-18-12-24-20-17(10-11-23-20)27(18)21(26-19)14-2-6-15(7-3-14)25-22(28)29/h4-5,8-12,14-15,23,25H,2-3,6-7H2,1H3,(H,28,29). The van der Waals surface area contributed by atoms with Gasteiger partial charge in [0.25, 0.3) is 0 Å². The van der Waals surface area contributed by atoms with Crippen LogP contribution in [0.5, 0.6) is 0 Å². The predicted octanol–water partition coefficient (Wildman–Crippen LogP) is 3.57. The fraction of sp³-hybridized carbons (Fsp3) is 0.318. The molecule has 3 N–H and O–H groups in total. The molecule has 0 atom stereocenters. The van der Waals surface area contributed by atoms with Gasteiger partial charge in [-0.2, -0.15) is 0 Å². The lowest BCUT2D eigenvalue weighted by atomic mass is 9.85. The minimum absolute atomic E-state index is 0.0353. The smallest absolute Gasteiger partial charge is 0.404 e. The molecule has 3 aromatic heterocycles. The molecule has 4 aromatic rings. The van der Waals surface area contributed by atoms with Crippen LogP contribution in [0, 0.1) is 0 Å². The summed E-state index contributed by atoms with van der Waals surface area (Å²) in [5, 5.41) is 11.6. The molecule has 1 amide bonds. The summed E-state index contributed by atoms with van der Waals surface area (Å²) < 4.78 is 25.8. The van der Waals surface area contributed by atoms with Gasteiger partial charge >= 0.3 is 6.09 Å². The summed E-state index contributed by atoms with van der Waals surface area (Å²) >= 11 is 0. The predicted molar refractivity (Wildman–Crippen MR) is 120 cm³/mol. The first-order valence-corrected chi connectivity index (χ1v) is 12.3. The van der Waals surface area contributed by atoms with Gasteiger partial charge in [-0.1, -0.05) is 12.1 Å². The molecular formula is C22H23N5O4S. The van der Waals surface area contributed by atoms with Gasteiger partial charge < -0.3 is 15.4 Å². The number of carboxylic acid groups (broad SMARTS) is 1. The third-order valence-electron chi connectivity index (χ3n) is 6.18. The fourth-order valence-electron chi connectivity index (χ4n) is 4.60. The molecule has 3 heterocycles. The quantitative estimate of drug-likeness (QED) is 0.433. The van der Waals surface area contributed by atoms with E-state index >= 15 is 0 Å². The van der Waals surface area contributed by atoms with Crippen molar-refractivity contribution in [3.05, 3.63) is 48.5 Å². The van der Waals surface area contributed by atoms with Crippen LogP contribution in [0.1, 0.15) is 37.4 Å². The minimum Gasteiger partial charge on any atom is -0.465 e. The van der Waals surface area contributed by atoms with E-state index in [4.69, 9.17) is 10.1 Å². The molecule has 1 aliphatic rings. The van der Waals surface area contributed by atoms with Crippen molar-refractivity contribution in [3.63, 3.8) is 0 Å². The lowest BCUT2D eigenvalue weighted by Crippen LogP contribution is -2.36. The lowest BCUT2D eigenvalue weighted by molar-refractivity contribution is 0.184. The Balaban J connectivity index is 1.59. The Hall–Kier alpha value is -3.40. The minimum atomic E-state index is -3.28. The van der Waals surface area contributed by atoms with Crippen molar-refractivity contribution >= 4 is 32.6 Å². The SMILES string of the molecule is CS(=O)(=O)c1ccc(-c2nc(C3CCC(NC(=O)O)CC3)n3c2cnc2[nH]ccc23)cc1. The van der Waals surface area contributed by atoms with Gasteiger partial charge in [0.2, 0.25) is 0 Å². The molecule has 0 radical (unpaired) electrons. The van der Waals surface area contributed by atoms with Crippen molar-refractivity contribution in [2.45, 2.75) is 42.5 Å². The van der Waals surface area contributed by atoms with E-state index in [1.54, 1.807) is 30.5 Å². The monoisotopic (exact) mass is 453 g/mol. The number of fused-ring (bicyclic) bond motifs is 3. The molecule has 10 heteroatoms. The van der Waals surface area contributed by atoms with E-state index in [0.29, 0.717) is 0 Å². The van der Waals surface area contributed by atoms with Crippen LogP contribution >= 0.6 is 0 Å². The molecule has 1 fully saturated rings. The molecule has 9 nitrogen and oxygen atoms in total. The van der Waals surface area contributed by atoms with Crippen molar-refractivity contribution in [3.8, 4) is 11.3 Å². The number of imidazole rings is 1. The third-order valence-corrected chi connectivity index (χ3v) is 7.30. The van der Waals surface area contributed by atoms with Crippen LogP contribution in [0.15, 0.2) is 47.6 Å². The molecule has 32 heavy (non-hydrogen) atoms. The second kappa shape index (κ2) is 7.63. The summed E-state index contributed by atoms with van der Waals surface area (Å²) in [7, 11) is -3.28. The van der Waals surface area contributed by atoms with Gasteiger partial charge in [0.1, 0.15) is 5.82 Å². The van der Waals surface area contributed by atoms with Crippen LogP contribution in [0.3, 0.4) is 0 Å². The zero-order valence-electron chi connectivity index (χ0n) is 17.4. The first kappa shape index (κ1) is 20.5. The van der Waals surface area contributed by atoms with Crippen LogP contribution in [-0.2, 0) is 9.84 Å². The maximum Gasteiger partial charge on any atom is 0.404 e. The van der Waals surface area contributed by atoms with Gasteiger partial charge in [-0.25, -0.2) is 23.2 Å². The number of rotatable bonds is 4. The van der Waals surface area contributed by atoms with Crippen molar-refractivity contribution in [1.82, 2.24) is 24.7 Å². The molecule has 0 unspecified atom stereocenters. The Morgan fingerprint density at radius 2 is 1.84 bits per heavy atom. The topological polar surface area (TPSA) is 129 Å². The molecule has 0 bridgehead atoms. The number of carbonyl (C=O) groups is 1. The van der Waals surface area contributed by atoms with Crippen LogP contribution < -0.4 is 5.32 Å². The Bertz CT molecular complexity index is 1410. The number of aromatic nitrogens is 4. The number of hydrogen-bond donors (Lipinski definition) is 3. The zero-order valence-corrected chi connectivity index (χ0v) is 18.3. The summed E-state index contributed by atoms with van der Waals surface area (Å²) in [5.74, 6) is 1.10. The van der Waals surface area contributed by atoms with Gasteiger partial charge in [-0.05, 0) is 43.9 Å². The van der Waals surface area contributed by atoms with Gasteiger partial charge in [0, 0.05) is 30.0 Å². The number of sulfone groups is 1. The van der Waals surface area contributed by atoms with E-state index in [0.717, 1.165) is 59.4 Å². The van der Waals surface area contributed by atoms with E-state index in [1.165, 1.54) is 6.26 Å². The van der Waals surface area contributed by atoms with Crippen molar-refractivity contribution in [1.29, 1.82) is 0 Å². The summed E-state index contributed by atoms with van der Waals surface area (Å²) in [6.45, 7) is 0. The van der Waals surface area contributed by atoms with Crippen molar-refractivity contribution in [2.75, 3.05) is 6.26 Å². The molecule has 1 saturated carbocycles. The number of H-pyrrole nitrogens is 1. The molecule has 5 rings (SSSR count). The number of benzene rings is 1. The first-order valence-electron chi connectivity index (χ1n) is 10.5. The van der Waals surface area contributed by atoms with Gasteiger partial charge in [0.05, 0.1) is 27.8 Å². The van der Waals surface area contributed by atoms with Gasteiger partial charge in [-0.15, -0.1) is 0 Å². The summed E-state index contributed by atoms with van der Waals surface area (Å²) in [5.41, 5.74) is 4.11. The average Bonchev–Trinajstić information content (AvgIpc) is 3.38. The van der Waals surface area contributed by atoms with Gasteiger partial charge in [-0.3, -0.25) is 4.40 Å². The Morgan fingerprint density at radius 3 is 2.50 bits per heavy atom. The maximum atomic E-state index is 11.8. The summed E-state index contributed by atoms with van der Waals surface area (Å²) in [6, 6.07) is 8.68. The van der Waals surface area contributed by atoms with Crippen LogP contribution in [0.4, 0.5) is 4.79 Å². The highest BCUT2D eigenvalue weighted by Gasteiger charge is 2.28. The maximum absolute atomic E-state index is 11.8. The highest BCUT2D eigenvalue weighted by molar-refractivity contribution is 7.90. The molecule has 0 aliphatic heterocycles. The number of aromatic amines is 1. The zero-order chi connectivity index (χ0) is 22.5. The highest BCUT2D eigenvalue weighted by Crippen LogP contribution is 2.37. The number of nitrogens with one attached hydrogen (secondary N) is 2. The molecule has 0 saturated heterocycles. The summed E-state index contributed by atoms with van der Waals surface area (Å²) in [4.78, 5) is 23.9.